The molecule has 0 radical (unpaired) electrons. The summed E-state index contributed by atoms with van der Waals surface area (Å²) in [4.78, 5) is 0. The third-order valence-electron chi connectivity index (χ3n) is 13.5. The number of benzene rings is 11. The van der Waals surface area contributed by atoms with Crippen LogP contribution in [0.5, 0.6) is 0 Å². The number of hydrogen-bond acceptors (Lipinski definition) is 0. The summed E-state index contributed by atoms with van der Waals surface area (Å²) in [6.45, 7) is 44.5. The lowest BCUT2D eigenvalue weighted by atomic mass is 10.0. The lowest BCUT2D eigenvalue weighted by Gasteiger charge is -2.04. The Kier molecular flexibility index (Phi) is 32.7. The predicted molar refractivity (Wildman–Crippen MR) is 388 cm³/mol. The first-order valence-electron chi connectivity index (χ1n) is 30.8. The van der Waals surface area contributed by atoms with E-state index in [1.165, 1.54) is 139 Å². The molecule has 0 aromatic heterocycles. The van der Waals surface area contributed by atoms with Crippen LogP contribution in [-0.4, -0.2) is 0 Å². The first-order chi connectivity index (χ1) is 41.2. The minimum atomic E-state index is 1.29. The van der Waals surface area contributed by atoms with E-state index in [1.54, 1.807) is 0 Å². The number of rotatable bonds is 2. The van der Waals surface area contributed by atoms with E-state index in [2.05, 4.69) is 382 Å². The maximum atomic E-state index is 2.22. The van der Waals surface area contributed by atoms with Gasteiger partial charge in [0.05, 0.1) is 0 Å². The molecule has 0 saturated carbocycles. The van der Waals surface area contributed by atoms with Crippen LogP contribution in [0, 0.1) is 145 Å². The average Bonchev–Trinajstić information content (AvgIpc) is 3.49. The summed E-state index contributed by atoms with van der Waals surface area (Å²) < 4.78 is 0. The van der Waals surface area contributed by atoms with Gasteiger partial charge in [-0.3, -0.25) is 0 Å². The maximum Gasteiger partial charge on any atom is -0.0179 e. The molecule has 0 atom stereocenters. The van der Waals surface area contributed by atoms with Crippen molar-refractivity contribution in [3.63, 3.8) is 0 Å². The minimum absolute atomic E-state index is 1.29. The minimum Gasteiger partial charge on any atom is -0.0622 e. The van der Waals surface area contributed by atoms with Gasteiger partial charge in [-0.15, -0.1) is 0 Å². The lowest BCUT2D eigenvalue weighted by Crippen LogP contribution is -1.81. The zero-order chi connectivity index (χ0) is 64.4. The molecule has 0 heteroatoms. The van der Waals surface area contributed by atoms with Crippen LogP contribution in [0.1, 0.15) is 117 Å². The summed E-state index contributed by atoms with van der Waals surface area (Å²) in [5, 5.41) is 0. The molecule has 0 unspecified atom stereocenters. The lowest BCUT2D eigenvalue weighted by molar-refractivity contribution is 1.32. The summed E-state index contributed by atoms with van der Waals surface area (Å²) in [6, 6.07) is 87.8. The molecule has 0 aliphatic rings. The Balaban J connectivity index is 0.000000259. The molecule has 87 heavy (non-hydrogen) atoms. The summed E-state index contributed by atoms with van der Waals surface area (Å²) >= 11 is 0. The van der Waals surface area contributed by atoms with Crippen LogP contribution in [0.2, 0.25) is 0 Å². The molecule has 452 valence electrons. The van der Waals surface area contributed by atoms with Crippen LogP contribution in [0.4, 0.5) is 0 Å². The normalized spacial score (nSPS) is 9.67. The van der Waals surface area contributed by atoms with Gasteiger partial charge in [-0.1, -0.05) is 366 Å². The topological polar surface area (TPSA) is 0 Å². The van der Waals surface area contributed by atoms with Gasteiger partial charge in [-0.05, 0) is 168 Å². The highest BCUT2D eigenvalue weighted by atomic mass is 14.0. The summed E-state index contributed by atoms with van der Waals surface area (Å²) in [6.07, 6.45) is 0. The van der Waals surface area contributed by atoms with Crippen molar-refractivity contribution in [2.45, 2.75) is 145 Å². The van der Waals surface area contributed by atoms with Gasteiger partial charge in [0.25, 0.3) is 0 Å². The molecule has 0 nitrogen and oxygen atoms in total. The van der Waals surface area contributed by atoms with E-state index in [0.29, 0.717) is 0 Å². The van der Waals surface area contributed by atoms with Crippen LogP contribution < -0.4 is 0 Å². The molecule has 0 bridgehead atoms. The highest BCUT2D eigenvalue weighted by Gasteiger charge is 2.00. The average molecular weight is 1150 g/mol. The third kappa shape index (κ3) is 33.1. The van der Waals surface area contributed by atoms with Crippen LogP contribution in [0.3, 0.4) is 0 Å². The van der Waals surface area contributed by atoms with Crippen LogP contribution in [-0.2, 0) is 0 Å². The Bertz CT molecular complexity index is 3140. The Morgan fingerprint density at radius 3 is 0.402 bits per heavy atom. The van der Waals surface area contributed by atoms with Gasteiger partial charge >= 0.3 is 0 Å². The molecule has 0 spiro atoms. The summed E-state index contributed by atoms with van der Waals surface area (Å²) in [7, 11) is 0. The van der Waals surface area contributed by atoms with E-state index in [4.69, 9.17) is 0 Å². The van der Waals surface area contributed by atoms with Crippen molar-refractivity contribution in [2.75, 3.05) is 0 Å². The fourth-order valence-electron chi connectivity index (χ4n) is 10.0. The highest BCUT2D eigenvalue weighted by Crippen LogP contribution is 2.23. The second kappa shape index (κ2) is 39.2. The first-order valence-corrected chi connectivity index (χ1v) is 30.8. The second-order valence-corrected chi connectivity index (χ2v) is 24.1. The van der Waals surface area contributed by atoms with Crippen molar-refractivity contribution in [1.29, 1.82) is 0 Å². The molecular formula is C87H104. The van der Waals surface area contributed by atoms with Crippen molar-refractivity contribution >= 4 is 0 Å². The largest absolute Gasteiger partial charge is 0.0622 e. The van der Waals surface area contributed by atoms with Crippen LogP contribution in [0.15, 0.2) is 249 Å². The SMILES string of the molecule is Cc1cc(C)cc(-c2ccccc2)c1.Cc1cc(C)cc(-c2ccccc2)c1.Cc1cc(C)cc(C)c1.Cc1cc(C)cc(C)c1.Cc1cc(C)cc(C)c1.Cc1ccc(C)cc1.Cc1ccc(C)cc1.Cc1cccc(C)c1.Cc1cccc(C)c1. The van der Waals surface area contributed by atoms with E-state index in [0.717, 1.165) is 0 Å². The van der Waals surface area contributed by atoms with Crippen molar-refractivity contribution in [2.24, 2.45) is 0 Å². The van der Waals surface area contributed by atoms with Gasteiger partial charge in [-0.25, -0.2) is 0 Å². The molecule has 0 heterocycles. The molecule has 0 fully saturated rings. The summed E-state index contributed by atoms with van der Waals surface area (Å²) in [5.41, 5.74) is 33.3. The number of aryl methyl sites for hydroxylation is 21. The van der Waals surface area contributed by atoms with Gasteiger partial charge in [0, 0.05) is 0 Å². The standard InChI is InChI=1S/2C14H14.3C9H12.4C8H10/c2*1-11-8-12(2)10-14(9-11)13-6-4-3-5-7-13;3*1-7-4-8(2)6-9(3)5-7;2*1-7-3-5-8(2)6-4-7;2*1-7-4-3-5-8(2)6-7/h2*3-10H,1-2H3;3*4-6H,1-3H3;4*3-6H,1-2H3. The molecule has 0 amide bonds. The van der Waals surface area contributed by atoms with Crippen molar-refractivity contribution in [1.82, 2.24) is 0 Å². The molecule has 11 rings (SSSR count). The molecule has 11 aromatic rings. The maximum absolute atomic E-state index is 2.22. The second-order valence-electron chi connectivity index (χ2n) is 24.1. The Labute approximate surface area is 530 Å². The molecule has 11 aromatic carbocycles. The van der Waals surface area contributed by atoms with Crippen molar-refractivity contribution in [3.8, 4) is 22.3 Å². The zero-order valence-electron chi connectivity index (χ0n) is 57.2. The Hall–Kier alpha value is -8.58. The fraction of sp³-hybridized carbons (Fsp3) is 0.241. The first kappa shape index (κ1) is 72.7. The third-order valence-corrected chi connectivity index (χ3v) is 13.5. The zero-order valence-corrected chi connectivity index (χ0v) is 57.2. The van der Waals surface area contributed by atoms with E-state index in [1.807, 2.05) is 12.1 Å². The van der Waals surface area contributed by atoms with Gasteiger partial charge in [0.15, 0.2) is 0 Å². The van der Waals surface area contributed by atoms with E-state index in [-0.39, 0.29) is 0 Å². The van der Waals surface area contributed by atoms with Crippen molar-refractivity contribution < 1.29 is 0 Å². The highest BCUT2D eigenvalue weighted by molar-refractivity contribution is 5.66. The van der Waals surface area contributed by atoms with Gasteiger partial charge in [-0.2, -0.15) is 0 Å². The quantitative estimate of drug-likeness (QED) is 0.162. The molecule has 0 N–H and O–H groups in total. The Morgan fingerprint density at radius 1 is 0.103 bits per heavy atom. The van der Waals surface area contributed by atoms with Gasteiger partial charge < -0.3 is 0 Å². The predicted octanol–water partition coefficient (Wildman–Crippen LogP) is 25.0. The van der Waals surface area contributed by atoms with E-state index < -0.39 is 0 Å². The molecule has 0 aliphatic heterocycles. The molecular weight excluding hydrogens is 1040 g/mol. The summed E-state index contributed by atoms with van der Waals surface area (Å²) in [5.74, 6) is 0. The monoisotopic (exact) mass is 1150 g/mol. The number of hydrogen-bond donors (Lipinski definition) is 0. The van der Waals surface area contributed by atoms with E-state index >= 15 is 0 Å². The fourth-order valence-corrected chi connectivity index (χ4v) is 10.0. The van der Waals surface area contributed by atoms with Crippen LogP contribution >= 0.6 is 0 Å². The van der Waals surface area contributed by atoms with Crippen molar-refractivity contribution in [3.05, 3.63) is 366 Å². The van der Waals surface area contributed by atoms with Crippen LogP contribution in [0.25, 0.3) is 22.3 Å². The molecule has 0 saturated heterocycles. The smallest absolute Gasteiger partial charge is 0.0179 e. The van der Waals surface area contributed by atoms with E-state index in [9.17, 15) is 0 Å². The molecule has 0 aliphatic carbocycles. The van der Waals surface area contributed by atoms with Gasteiger partial charge in [0.1, 0.15) is 0 Å². The Morgan fingerprint density at radius 2 is 0.253 bits per heavy atom. The van der Waals surface area contributed by atoms with Gasteiger partial charge in [0.2, 0.25) is 0 Å².